The Hall–Kier alpha value is -3.27. The zero-order valence-electron chi connectivity index (χ0n) is 15.0. The summed E-state index contributed by atoms with van der Waals surface area (Å²) in [5.41, 5.74) is 6.53. The van der Waals surface area contributed by atoms with E-state index in [9.17, 15) is 14.3 Å². The van der Waals surface area contributed by atoms with Gasteiger partial charge in [0.25, 0.3) is 0 Å². The minimum absolute atomic E-state index is 0.0355. The highest BCUT2D eigenvalue weighted by atomic mass is 19.1. The Morgan fingerprint density at radius 3 is 3.07 bits per heavy atom. The number of halogens is 1. The predicted octanol–water partition coefficient (Wildman–Crippen LogP) is 1.67. The van der Waals surface area contributed by atoms with Crippen LogP contribution in [0.5, 0.6) is 0 Å². The molecule has 1 fully saturated rings. The summed E-state index contributed by atoms with van der Waals surface area (Å²) in [6, 6.07) is 2.86. The molecular weight excluding hydrogens is 365 g/mol. The van der Waals surface area contributed by atoms with Gasteiger partial charge in [0.05, 0.1) is 12.2 Å². The third-order valence-corrected chi connectivity index (χ3v) is 4.80. The number of pyridine rings is 1. The minimum atomic E-state index is -1.10. The van der Waals surface area contributed by atoms with Crippen molar-refractivity contribution in [3.05, 3.63) is 47.7 Å². The van der Waals surface area contributed by atoms with Crippen LogP contribution in [0.3, 0.4) is 0 Å². The molecule has 0 aliphatic carbocycles. The number of carboxylic acid groups (broad SMARTS) is 1. The van der Waals surface area contributed by atoms with E-state index in [0.29, 0.717) is 36.8 Å². The Morgan fingerprint density at radius 2 is 2.29 bits per heavy atom. The van der Waals surface area contributed by atoms with Crippen molar-refractivity contribution in [1.82, 2.24) is 19.6 Å². The molecule has 1 atom stereocenters. The van der Waals surface area contributed by atoms with E-state index in [4.69, 9.17) is 5.73 Å². The SMILES string of the molecule is NCCNc1ncc(F)cc1C1CCCN1c1nn2cccnc2c1C(=O)O. The highest BCUT2D eigenvalue weighted by Gasteiger charge is 2.34. The molecule has 0 amide bonds. The molecule has 1 unspecified atom stereocenters. The van der Waals surface area contributed by atoms with Gasteiger partial charge in [-0.1, -0.05) is 0 Å². The molecule has 146 valence electrons. The zero-order valence-corrected chi connectivity index (χ0v) is 15.0. The average Bonchev–Trinajstić information content (AvgIpc) is 3.31. The molecule has 0 spiro atoms. The lowest BCUT2D eigenvalue weighted by molar-refractivity contribution is 0.0699. The third-order valence-electron chi connectivity index (χ3n) is 4.80. The standard InChI is InChI=1S/C18H20FN7O2/c19-11-9-12(15(23-10-11)21-6-4-20)13-3-1-7-25(13)17-14(18(27)28)16-22-5-2-8-26(16)24-17/h2,5,8-10,13H,1,3-4,6-7,20H2,(H,21,23)(H,27,28). The van der Waals surface area contributed by atoms with Crippen LogP contribution >= 0.6 is 0 Å². The number of carbonyl (C=O) groups is 1. The second kappa shape index (κ2) is 7.39. The fourth-order valence-electron chi connectivity index (χ4n) is 3.66. The van der Waals surface area contributed by atoms with Crippen molar-refractivity contribution in [2.45, 2.75) is 18.9 Å². The molecule has 4 N–H and O–H groups in total. The summed E-state index contributed by atoms with van der Waals surface area (Å²) in [7, 11) is 0. The van der Waals surface area contributed by atoms with Crippen LogP contribution in [0.4, 0.5) is 16.0 Å². The number of carboxylic acids is 1. The zero-order chi connectivity index (χ0) is 19.7. The highest BCUT2D eigenvalue weighted by Crippen LogP contribution is 2.40. The first-order valence-corrected chi connectivity index (χ1v) is 9.03. The molecule has 0 saturated carbocycles. The molecule has 0 radical (unpaired) electrons. The van der Waals surface area contributed by atoms with Crippen molar-refractivity contribution in [1.29, 1.82) is 0 Å². The van der Waals surface area contributed by atoms with E-state index in [0.717, 1.165) is 19.0 Å². The van der Waals surface area contributed by atoms with Crippen LogP contribution in [0.2, 0.25) is 0 Å². The average molecular weight is 385 g/mol. The number of aromatic carboxylic acids is 1. The lowest BCUT2D eigenvalue weighted by Gasteiger charge is -2.27. The summed E-state index contributed by atoms with van der Waals surface area (Å²) in [6.45, 7) is 1.51. The number of hydrogen-bond donors (Lipinski definition) is 3. The number of nitrogens with one attached hydrogen (secondary N) is 1. The lowest BCUT2D eigenvalue weighted by atomic mass is 10.0. The fourth-order valence-corrected chi connectivity index (χ4v) is 3.66. The Bertz CT molecular complexity index is 1020. The molecule has 4 heterocycles. The molecule has 10 heteroatoms. The summed E-state index contributed by atoms with van der Waals surface area (Å²) in [5.74, 6) is -0.686. The van der Waals surface area contributed by atoms with Crippen molar-refractivity contribution in [3.8, 4) is 0 Å². The van der Waals surface area contributed by atoms with Crippen LogP contribution in [0.15, 0.2) is 30.7 Å². The molecular formula is C18H20FN7O2. The molecule has 9 nitrogen and oxygen atoms in total. The summed E-state index contributed by atoms with van der Waals surface area (Å²) >= 11 is 0. The van der Waals surface area contributed by atoms with Crippen molar-refractivity contribution < 1.29 is 14.3 Å². The van der Waals surface area contributed by atoms with Gasteiger partial charge in [-0.15, -0.1) is 5.10 Å². The Balaban J connectivity index is 1.80. The van der Waals surface area contributed by atoms with Gasteiger partial charge < -0.3 is 21.1 Å². The number of hydrogen-bond acceptors (Lipinski definition) is 7. The fraction of sp³-hybridized carbons (Fsp3) is 0.333. The van der Waals surface area contributed by atoms with Crippen molar-refractivity contribution in [3.63, 3.8) is 0 Å². The summed E-state index contributed by atoms with van der Waals surface area (Å²) in [5, 5.41) is 17.3. The highest BCUT2D eigenvalue weighted by molar-refractivity contribution is 6.00. The minimum Gasteiger partial charge on any atom is -0.477 e. The smallest absolute Gasteiger partial charge is 0.343 e. The largest absolute Gasteiger partial charge is 0.477 e. The first kappa shape index (κ1) is 18.1. The van der Waals surface area contributed by atoms with Crippen LogP contribution in [0.25, 0.3) is 5.65 Å². The number of aromatic nitrogens is 4. The quantitative estimate of drug-likeness (QED) is 0.586. The number of fused-ring (bicyclic) bond motifs is 1. The van der Waals surface area contributed by atoms with E-state index in [1.807, 2.05) is 4.90 Å². The van der Waals surface area contributed by atoms with Gasteiger partial charge >= 0.3 is 5.97 Å². The first-order valence-electron chi connectivity index (χ1n) is 9.03. The second-order valence-electron chi connectivity index (χ2n) is 6.55. The molecule has 4 rings (SSSR count). The number of nitrogens with zero attached hydrogens (tertiary/aromatic N) is 5. The van der Waals surface area contributed by atoms with Crippen molar-refractivity contribution in [2.75, 3.05) is 29.9 Å². The maximum atomic E-state index is 14.0. The van der Waals surface area contributed by atoms with E-state index in [2.05, 4.69) is 20.4 Å². The molecule has 28 heavy (non-hydrogen) atoms. The van der Waals surface area contributed by atoms with Gasteiger partial charge in [0.15, 0.2) is 11.5 Å². The normalized spacial score (nSPS) is 16.6. The van der Waals surface area contributed by atoms with E-state index < -0.39 is 11.8 Å². The van der Waals surface area contributed by atoms with Gasteiger partial charge in [0.2, 0.25) is 0 Å². The summed E-state index contributed by atoms with van der Waals surface area (Å²) < 4.78 is 15.4. The Kier molecular flexibility index (Phi) is 4.78. The topological polar surface area (TPSA) is 122 Å². The second-order valence-corrected chi connectivity index (χ2v) is 6.55. The molecule has 3 aromatic rings. The van der Waals surface area contributed by atoms with Gasteiger partial charge in [-0.2, -0.15) is 0 Å². The first-order chi connectivity index (χ1) is 13.6. The Labute approximate surface area is 160 Å². The molecule has 1 aliphatic heterocycles. The van der Waals surface area contributed by atoms with Gasteiger partial charge in [0, 0.05) is 37.6 Å². The maximum Gasteiger partial charge on any atom is 0.343 e. The third kappa shape index (κ3) is 3.11. The van der Waals surface area contributed by atoms with E-state index >= 15 is 0 Å². The summed E-state index contributed by atoms with van der Waals surface area (Å²) in [4.78, 5) is 22.2. The van der Waals surface area contributed by atoms with E-state index in [1.165, 1.54) is 16.8 Å². The van der Waals surface area contributed by atoms with Crippen LogP contribution in [0, 0.1) is 5.82 Å². The predicted molar refractivity (Wildman–Crippen MR) is 101 cm³/mol. The molecule has 3 aromatic heterocycles. The maximum absolute atomic E-state index is 14.0. The van der Waals surface area contributed by atoms with Crippen molar-refractivity contribution >= 4 is 23.3 Å². The van der Waals surface area contributed by atoms with Gasteiger partial charge in [-0.25, -0.2) is 23.7 Å². The van der Waals surface area contributed by atoms with Crippen LogP contribution < -0.4 is 16.0 Å². The van der Waals surface area contributed by atoms with Gasteiger partial charge in [0.1, 0.15) is 17.2 Å². The number of rotatable bonds is 6. The molecule has 0 aromatic carbocycles. The van der Waals surface area contributed by atoms with E-state index in [1.54, 1.807) is 12.3 Å². The molecule has 1 aliphatic rings. The summed E-state index contributed by atoms with van der Waals surface area (Å²) in [6.07, 6.45) is 5.88. The molecule has 0 bridgehead atoms. The number of nitrogens with two attached hydrogens (primary N) is 1. The Morgan fingerprint density at radius 1 is 1.43 bits per heavy atom. The van der Waals surface area contributed by atoms with E-state index in [-0.39, 0.29) is 17.3 Å². The van der Waals surface area contributed by atoms with Crippen LogP contribution in [-0.4, -0.2) is 50.3 Å². The van der Waals surface area contributed by atoms with Crippen molar-refractivity contribution in [2.24, 2.45) is 5.73 Å². The number of anilines is 2. The molecule has 1 saturated heterocycles. The van der Waals surface area contributed by atoms with Gasteiger partial charge in [-0.3, -0.25) is 0 Å². The monoisotopic (exact) mass is 385 g/mol. The van der Waals surface area contributed by atoms with Crippen LogP contribution in [-0.2, 0) is 0 Å². The van der Waals surface area contributed by atoms with Gasteiger partial charge in [-0.05, 0) is 25.0 Å². The lowest BCUT2D eigenvalue weighted by Crippen LogP contribution is -2.26. The van der Waals surface area contributed by atoms with Crippen LogP contribution in [0.1, 0.15) is 34.8 Å².